The molecule has 1 N–H and O–H groups in total. The zero-order chi connectivity index (χ0) is 22.5. The van der Waals surface area contributed by atoms with Crippen molar-refractivity contribution in [2.24, 2.45) is 0 Å². The highest BCUT2D eigenvalue weighted by molar-refractivity contribution is 5.69. The molecule has 0 rings (SSSR count). The molecule has 0 aromatic rings. The van der Waals surface area contributed by atoms with Crippen LogP contribution in [-0.4, -0.2) is 36.4 Å². The van der Waals surface area contributed by atoms with Gasteiger partial charge in [0.25, 0.3) is 0 Å². The largest absolute Gasteiger partial charge is 0.469 e. The molecule has 178 valence electrons. The monoisotopic (exact) mass is 428 g/mol. The molecule has 0 amide bonds. The Kier molecular flexibility index (Phi) is 20.4. The van der Waals surface area contributed by atoms with E-state index in [4.69, 9.17) is 4.74 Å². The topological polar surface area (TPSA) is 72.8 Å². The van der Waals surface area contributed by atoms with Gasteiger partial charge in [0.1, 0.15) is 6.10 Å². The lowest BCUT2D eigenvalue weighted by Crippen LogP contribution is -2.31. The Morgan fingerprint density at radius 1 is 0.667 bits per heavy atom. The molecule has 0 saturated carbocycles. The Balaban J connectivity index is 4.19. The van der Waals surface area contributed by atoms with Crippen LogP contribution in [0.3, 0.4) is 0 Å². The average molecular weight is 429 g/mol. The first kappa shape index (κ1) is 28.9. The highest BCUT2D eigenvalue weighted by atomic mass is 16.6. The summed E-state index contributed by atoms with van der Waals surface area (Å²) in [4.78, 5) is 23.3. The predicted octanol–water partition coefficient (Wildman–Crippen LogP) is 6.49. The summed E-state index contributed by atoms with van der Waals surface area (Å²) in [5.41, 5.74) is 0. The second-order valence-electron chi connectivity index (χ2n) is 8.49. The van der Waals surface area contributed by atoms with Gasteiger partial charge in [0.05, 0.1) is 13.2 Å². The molecule has 0 aliphatic heterocycles. The summed E-state index contributed by atoms with van der Waals surface area (Å²) in [6.45, 7) is 4.33. The van der Waals surface area contributed by atoms with Crippen LogP contribution in [0.15, 0.2) is 0 Å². The van der Waals surface area contributed by atoms with Gasteiger partial charge in [0, 0.05) is 12.8 Å². The molecule has 0 fully saturated rings. The summed E-state index contributed by atoms with van der Waals surface area (Å²) in [6.07, 6.45) is 16.3. The zero-order valence-corrected chi connectivity index (χ0v) is 20.0. The van der Waals surface area contributed by atoms with Crippen LogP contribution in [-0.2, 0) is 19.1 Å². The molecule has 0 bridgehead atoms. The third kappa shape index (κ3) is 17.7. The van der Waals surface area contributed by atoms with Gasteiger partial charge in [-0.1, -0.05) is 84.5 Å². The van der Waals surface area contributed by atoms with E-state index in [0.29, 0.717) is 19.3 Å². The van der Waals surface area contributed by atoms with E-state index in [-0.39, 0.29) is 18.0 Å². The van der Waals surface area contributed by atoms with Crippen LogP contribution in [0.2, 0.25) is 0 Å². The van der Waals surface area contributed by atoms with E-state index >= 15 is 0 Å². The number of carbonyl (C=O) groups is 2. The highest BCUT2D eigenvalue weighted by Crippen LogP contribution is 2.19. The number of hydrogen-bond acceptors (Lipinski definition) is 5. The molecule has 0 heterocycles. The number of esters is 2. The second kappa shape index (κ2) is 21.1. The van der Waals surface area contributed by atoms with Gasteiger partial charge in [-0.25, -0.2) is 0 Å². The van der Waals surface area contributed by atoms with E-state index in [1.807, 2.05) is 0 Å². The Bertz CT molecular complexity index is 410. The lowest BCUT2D eigenvalue weighted by atomic mass is 9.99. The maximum Gasteiger partial charge on any atom is 0.306 e. The van der Waals surface area contributed by atoms with E-state index in [2.05, 4.69) is 18.6 Å². The Morgan fingerprint density at radius 2 is 1.13 bits per heavy atom. The minimum atomic E-state index is -0.578. The van der Waals surface area contributed by atoms with Gasteiger partial charge in [-0.05, 0) is 32.1 Å². The SMILES string of the molecule is CCCCCCCCC(OC(=O)CCCCC)C(O)CCCCCCCC(=O)OC. The van der Waals surface area contributed by atoms with Crippen molar-refractivity contribution < 1.29 is 24.2 Å². The molecule has 30 heavy (non-hydrogen) atoms. The fourth-order valence-corrected chi connectivity index (χ4v) is 3.64. The molecule has 5 heteroatoms. The minimum Gasteiger partial charge on any atom is -0.469 e. The standard InChI is InChI=1S/C25H48O5/c1-4-6-8-9-12-16-19-23(30-25(28)21-14-7-5-2)22(26)18-15-11-10-13-17-20-24(27)29-3/h22-23,26H,4-21H2,1-3H3. The van der Waals surface area contributed by atoms with Crippen molar-refractivity contribution in [2.75, 3.05) is 7.11 Å². The maximum absolute atomic E-state index is 12.2. The molecule has 5 nitrogen and oxygen atoms in total. The van der Waals surface area contributed by atoms with Crippen LogP contribution in [0.4, 0.5) is 0 Å². The van der Waals surface area contributed by atoms with Gasteiger partial charge in [0.15, 0.2) is 0 Å². The average Bonchev–Trinajstić information content (AvgIpc) is 2.74. The Morgan fingerprint density at radius 3 is 1.77 bits per heavy atom. The van der Waals surface area contributed by atoms with E-state index in [0.717, 1.165) is 70.6 Å². The second-order valence-corrected chi connectivity index (χ2v) is 8.49. The van der Waals surface area contributed by atoms with Crippen LogP contribution >= 0.6 is 0 Å². The van der Waals surface area contributed by atoms with Gasteiger partial charge in [0.2, 0.25) is 0 Å². The lowest BCUT2D eigenvalue weighted by Gasteiger charge is -2.23. The number of hydrogen-bond donors (Lipinski definition) is 1. The van der Waals surface area contributed by atoms with Crippen molar-refractivity contribution >= 4 is 11.9 Å². The summed E-state index contributed by atoms with van der Waals surface area (Å²) in [7, 11) is 1.42. The third-order valence-electron chi connectivity index (χ3n) is 5.65. The van der Waals surface area contributed by atoms with Crippen LogP contribution in [0.1, 0.15) is 129 Å². The Hall–Kier alpha value is -1.10. The summed E-state index contributed by atoms with van der Waals surface area (Å²) in [5.74, 6) is -0.315. The van der Waals surface area contributed by atoms with Crippen LogP contribution in [0.5, 0.6) is 0 Å². The molecule has 0 radical (unpaired) electrons. The van der Waals surface area contributed by atoms with Gasteiger partial charge >= 0.3 is 11.9 Å². The van der Waals surface area contributed by atoms with Gasteiger partial charge in [-0.2, -0.15) is 0 Å². The minimum absolute atomic E-state index is 0.149. The fourth-order valence-electron chi connectivity index (χ4n) is 3.64. The number of aliphatic hydroxyl groups excluding tert-OH is 1. The lowest BCUT2D eigenvalue weighted by molar-refractivity contribution is -0.156. The van der Waals surface area contributed by atoms with E-state index in [9.17, 15) is 14.7 Å². The first-order valence-electron chi connectivity index (χ1n) is 12.5. The molecule has 0 aromatic heterocycles. The molecule has 0 aliphatic carbocycles. The summed E-state index contributed by atoms with van der Waals surface area (Å²) >= 11 is 0. The van der Waals surface area contributed by atoms with Gasteiger partial charge in [-0.3, -0.25) is 9.59 Å². The highest BCUT2D eigenvalue weighted by Gasteiger charge is 2.22. The molecule has 2 unspecified atom stereocenters. The number of rotatable bonds is 21. The van der Waals surface area contributed by atoms with Crippen LogP contribution in [0, 0.1) is 0 Å². The molecule has 2 atom stereocenters. The molecular weight excluding hydrogens is 380 g/mol. The molecule has 0 aliphatic rings. The fraction of sp³-hybridized carbons (Fsp3) is 0.920. The van der Waals surface area contributed by atoms with Crippen LogP contribution in [0.25, 0.3) is 0 Å². The Labute approximate surface area is 185 Å². The van der Waals surface area contributed by atoms with Crippen molar-refractivity contribution in [1.82, 2.24) is 0 Å². The van der Waals surface area contributed by atoms with Crippen LogP contribution < -0.4 is 0 Å². The molecular formula is C25H48O5. The van der Waals surface area contributed by atoms with E-state index < -0.39 is 6.10 Å². The quantitative estimate of drug-likeness (QED) is 0.167. The first-order chi connectivity index (χ1) is 14.5. The summed E-state index contributed by atoms with van der Waals surface area (Å²) in [6, 6.07) is 0. The number of aliphatic hydroxyl groups is 1. The van der Waals surface area contributed by atoms with E-state index in [1.165, 1.54) is 32.8 Å². The maximum atomic E-state index is 12.2. The molecule has 0 spiro atoms. The van der Waals surface area contributed by atoms with Crippen molar-refractivity contribution in [3.63, 3.8) is 0 Å². The number of methoxy groups -OCH3 is 1. The van der Waals surface area contributed by atoms with Gasteiger partial charge < -0.3 is 14.6 Å². The predicted molar refractivity (Wildman–Crippen MR) is 122 cm³/mol. The summed E-state index contributed by atoms with van der Waals surface area (Å²) in [5, 5.41) is 10.6. The van der Waals surface area contributed by atoms with Gasteiger partial charge in [-0.15, -0.1) is 0 Å². The number of carbonyl (C=O) groups excluding carboxylic acids is 2. The van der Waals surface area contributed by atoms with Crippen molar-refractivity contribution in [3.05, 3.63) is 0 Å². The van der Waals surface area contributed by atoms with Crippen molar-refractivity contribution in [1.29, 1.82) is 0 Å². The smallest absolute Gasteiger partial charge is 0.306 e. The summed E-state index contributed by atoms with van der Waals surface area (Å²) < 4.78 is 10.3. The normalized spacial score (nSPS) is 13.1. The number of ether oxygens (including phenoxy) is 2. The van der Waals surface area contributed by atoms with Crippen molar-refractivity contribution in [3.8, 4) is 0 Å². The number of unbranched alkanes of at least 4 members (excludes halogenated alkanes) is 11. The first-order valence-corrected chi connectivity index (χ1v) is 12.5. The van der Waals surface area contributed by atoms with E-state index in [1.54, 1.807) is 0 Å². The molecule has 0 aromatic carbocycles. The molecule has 0 saturated heterocycles. The van der Waals surface area contributed by atoms with Crippen molar-refractivity contribution in [2.45, 2.75) is 142 Å². The zero-order valence-electron chi connectivity index (χ0n) is 20.0. The third-order valence-corrected chi connectivity index (χ3v) is 5.65.